The quantitative estimate of drug-likeness (QED) is 0.254. The van der Waals surface area contributed by atoms with Gasteiger partial charge in [0.05, 0.1) is 6.54 Å². The number of hydrogen-bond acceptors (Lipinski definition) is 5. The molecule has 0 heterocycles. The highest BCUT2D eigenvalue weighted by Crippen LogP contribution is 2.29. The first-order valence-electron chi connectivity index (χ1n) is 14.1. The van der Waals surface area contributed by atoms with E-state index in [4.69, 9.17) is 9.47 Å². The van der Waals surface area contributed by atoms with Crippen molar-refractivity contribution in [2.24, 2.45) is 5.92 Å². The summed E-state index contributed by atoms with van der Waals surface area (Å²) in [5, 5.41) is 0. The second-order valence-electron chi connectivity index (χ2n) is 12.3. The summed E-state index contributed by atoms with van der Waals surface area (Å²) < 4.78 is 10.7. The van der Waals surface area contributed by atoms with Crippen molar-refractivity contribution in [3.63, 3.8) is 0 Å². The van der Waals surface area contributed by atoms with Crippen molar-refractivity contribution in [3.8, 4) is 0 Å². The number of ether oxygens (including phenoxy) is 2. The molecule has 0 N–H and O–H groups in total. The first-order chi connectivity index (χ1) is 18.8. The maximum absolute atomic E-state index is 13.8. The first kappa shape index (κ1) is 30.9. The summed E-state index contributed by atoms with van der Waals surface area (Å²) in [5.41, 5.74) is 2.35. The van der Waals surface area contributed by atoms with E-state index >= 15 is 0 Å². The maximum Gasteiger partial charge on any atom is 0.331 e. The average molecular weight is 546 g/mol. The van der Waals surface area contributed by atoms with Crippen LogP contribution in [-0.2, 0) is 30.4 Å². The zero-order valence-electron chi connectivity index (χ0n) is 24.7. The zero-order valence-corrected chi connectivity index (χ0v) is 24.7. The molecule has 6 heteroatoms. The fourth-order valence-electron chi connectivity index (χ4n) is 4.58. The van der Waals surface area contributed by atoms with Crippen LogP contribution in [0.4, 0.5) is 5.69 Å². The van der Waals surface area contributed by atoms with E-state index in [1.54, 1.807) is 12.2 Å². The molecule has 1 aliphatic rings. The van der Waals surface area contributed by atoms with Crippen LogP contribution in [0.1, 0.15) is 90.3 Å². The second-order valence-corrected chi connectivity index (χ2v) is 12.3. The molecule has 1 saturated carbocycles. The summed E-state index contributed by atoms with van der Waals surface area (Å²) >= 11 is 0. The Balaban J connectivity index is 1.80. The van der Waals surface area contributed by atoms with Crippen LogP contribution >= 0.6 is 0 Å². The Hall–Kier alpha value is -3.67. The Labute approximate surface area is 239 Å². The molecule has 2 aromatic rings. The van der Waals surface area contributed by atoms with E-state index < -0.39 is 17.2 Å². The number of carbonyl (C=O) groups is 3. The second kappa shape index (κ2) is 13.6. The maximum atomic E-state index is 13.8. The van der Waals surface area contributed by atoms with E-state index in [1.807, 2.05) is 95.0 Å². The molecule has 6 nitrogen and oxygen atoms in total. The first-order valence-corrected chi connectivity index (χ1v) is 14.1. The minimum Gasteiger partial charge on any atom is -0.457 e. The Morgan fingerprint density at radius 3 is 1.88 bits per heavy atom. The lowest BCUT2D eigenvalue weighted by Crippen LogP contribution is -2.36. The Bertz CT molecular complexity index is 1220. The normalized spacial score (nSPS) is 14.8. The molecular formula is C34H43NO5. The van der Waals surface area contributed by atoms with E-state index in [-0.39, 0.29) is 17.8 Å². The van der Waals surface area contributed by atoms with Gasteiger partial charge in [0.1, 0.15) is 11.2 Å². The lowest BCUT2D eigenvalue weighted by Gasteiger charge is -2.30. The molecule has 0 saturated heterocycles. The third kappa shape index (κ3) is 10.5. The molecule has 0 unspecified atom stereocenters. The number of nitrogens with zero attached hydrogens (tertiary/aromatic N) is 1. The van der Waals surface area contributed by atoms with Crippen molar-refractivity contribution in [1.82, 2.24) is 0 Å². The summed E-state index contributed by atoms with van der Waals surface area (Å²) in [5.74, 6) is -0.664. The van der Waals surface area contributed by atoms with Gasteiger partial charge in [0.25, 0.3) is 0 Å². The standard InChI is InChI=1S/C34H43NO5/c1-33(2,3)39-30(36)21-19-25-15-17-27(18-16-25)24-35(32(38)28-12-8-7-9-13-28)29-14-10-11-26(23-29)20-22-31(37)40-34(4,5)6/h10-11,14-23,28H,7-9,12-13,24H2,1-6H3/b21-19+,22-20+. The third-order valence-corrected chi connectivity index (χ3v) is 6.36. The molecule has 3 rings (SSSR count). The molecule has 0 atom stereocenters. The van der Waals surface area contributed by atoms with Crippen LogP contribution in [0.25, 0.3) is 12.2 Å². The average Bonchev–Trinajstić information content (AvgIpc) is 2.88. The van der Waals surface area contributed by atoms with Gasteiger partial charge in [-0.2, -0.15) is 0 Å². The highest BCUT2D eigenvalue weighted by atomic mass is 16.6. The summed E-state index contributed by atoms with van der Waals surface area (Å²) in [6.45, 7) is 11.4. The van der Waals surface area contributed by atoms with Crippen LogP contribution in [0.15, 0.2) is 60.7 Å². The minimum absolute atomic E-state index is 0.00532. The van der Waals surface area contributed by atoms with E-state index in [0.717, 1.165) is 48.1 Å². The van der Waals surface area contributed by atoms with Crippen molar-refractivity contribution in [2.75, 3.05) is 4.90 Å². The molecule has 2 aromatic carbocycles. The molecular weight excluding hydrogens is 502 g/mol. The van der Waals surface area contributed by atoms with E-state index in [1.165, 1.54) is 18.6 Å². The Morgan fingerprint density at radius 1 is 0.775 bits per heavy atom. The van der Waals surface area contributed by atoms with E-state index in [2.05, 4.69) is 0 Å². The van der Waals surface area contributed by atoms with Gasteiger partial charge in [0.2, 0.25) is 5.91 Å². The Morgan fingerprint density at radius 2 is 1.32 bits per heavy atom. The number of anilines is 1. The largest absolute Gasteiger partial charge is 0.457 e. The van der Waals surface area contributed by atoms with Gasteiger partial charge in [0.15, 0.2) is 0 Å². The highest BCUT2D eigenvalue weighted by Gasteiger charge is 2.27. The minimum atomic E-state index is -0.562. The number of benzene rings is 2. The molecule has 0 aliphatic heterocycles. The van der Waals surface area contributed by atoms with Crippen molar-refractivity contribution in [2.45, 2.75) is 91.4 Å². The van der Waals surface area contributed by atoms with Crippen LogP contribution in [0.5, 0.6) is 0 Å². The topological polar surface area (TPSA) is 72.9 Å². The van der Waals surface area contributed by atoms with Crippen LogP contribution in [0.2, 0.25) is 0 Å². The van der Waals surface area contributed by atoms with Crippen LogP contribution < -0.4 is 4.90 Å². The van der Waals surface area contributed by atoms with E-state index in [9.17, 15) is 14.4 Å². The van der Waals surface area contributed by atoms with Gasteiger partial charge in [-0.3, -0.25) is 4.79 Å². The molecule has 0 aromatic heterocycles. The van der Waals surface area contributed by atoms with Crippen molar-refractivity contribution >= 4 is 35.7 Å². The molecule has 0 radical (unpaired) electrons. The summed E-state index contributed by atoms with van der Waals surface area (Å²) in [6.07, 6.45) is 11.4. The molecule has 214 valence electrons. The van der Waals surface area contributed by atoms with Gasteiger partial charge in [-0.1, -0.05) is 55.7 Å². The fourth-order valence-corrected chi connectivity index (χ4v) is 4.58. The summed E-state index contributed by atoms with van der Waals surface area (Å²) in [7, 11) is 0. The smallest absolute Gasteiger partial charge is 0.331 e. The SMILES string of the molecule is CC(C)(C)OC(=O)/C=C/c1ccc(CN(C(=O)C2CCCCC2)c2cccc(/C=C/C(=O)OC(C)(C)C)c2)cc1. The lowest BCUT2D eigenvalue weighted by molar-refractivity contribution is -0.149. The van der Waals surface area contributed by atoms with Crippen LogP contribution in [0, 0.1) is 5.92 Å². The lowest BCUT2D eigenvalue weighted by atomic mass is 9.88. The molecule has 1 aliphatic carbocycles. The van der Waals surface area contributed by atoms with E-state index in [0.29, 0.717) is 6.54 Å². The molecule has 40 heavy (non-hydrogen) atoms. The zero-order chi connectivity index (χ0) is 29.3. The predicted molar refractivity (Wildman–Crippen MR) is 160 cm³/mol. The summed E-state index contributed by atoms with van der Waals surface area (Å²) in [6, 6.07) is 15.5. The molecule has 1 fully saturated rings. The molecule has 0 bridgehead atoms. The molecule has 1 amide bonds. The van der Waals surface area contributed by atoms with Crippen molar-refractivity contribution in [3.05, 3.63) is 77.4 Å². The van der Waals surface area contributed by atoms with Gasteiger partial charge < -0.3 is 14.4 Å². The van der Waals surface area contributed by atoms with Gasteiger partial charge >= 0.3 is 11.9 Å². The van der Waals surface area contributed by atoms with Gasteiger partial charge in [-0.15, -0.1) is 0 Å². The van der Waals surface area contributed by atoms with Gasteiger partial charge in [-0.05, 0) is 95.4 Å². The Kier molecular flexibility index (Phi) is 10.5. The third-order valence-electron chi connectivity index (χ3n) is 6.36. The predicted octanol–water partition coefficient (Wildman–Crippen LogP) is 7.51. The van der Waals surface area contributed by atoms with Gasteiger partial charge in [0, 0.05) is 23.8 Å². The number of amides is 1. The molecule has 0 spiro atoms. The van der Waals surface area contributed by atoms with Crippen LogP contribution in [0.3, 0.4) is 0 Å². The summed E-state index contributed by atoms with van der Waals surface area (Å²) in [4.78, 5) is 39.8. The number of esters is 2. The van der Waals surface area contributed by atoms with Crippen molar-refractivity contribution in [1.29, 1.82) is 0 Å². The number of rotatable bonds is 8. The monoisotopic (exact) mass is 545 g/mol. The van der Waals surface area contributed by atoms with Crippen molar-refractivity contribution < 1.29 is 23.9 Å². The number of hydrogen-bond donors (Lipinski definition) is 0. The highest BCUT2D eigenvalue weighted by molar-refractivity contribution is 5.95. The fraction of sp³-hybridized carbons (Fsp3) is 0.441. The van der Waals surface area contributed by atoms with Gasteiger partial charge in [-0.25, -0.2) is 9.59 Å². The van der Waals surface area contributed by atoms with Crippen LogP contribution in [-0.4, -0.2) is 29.0 Å². The number of carbonyl (C=O) groups excluding carboxylic acids is 3.